The molecule has 2 rings (SSSR count). The molecule has 1 atom stereocenters. The van der Waals surface area contributed by atoms with Crippen molar-refractivity contribution in [3.05, 3.63) is 17.5 Å². The van der Waals surface area contributed by atoms with Gasteiger partial charge in [0.15, 0.2) is 0 Å². The van der Waals surface area contributed by atoms with Crippen LogP contribution in [0.3, 0.4) is 0 Å². The zero-order chi connectivity index (χ0) is 14.4. The van der Waals surface area contributed by atoms with Crippen molar-refractivity contribution in [2.45, 2.75) is 33.2 Å². The lowest BCUT2D eigenvalue weighted by atomic mass is 9.82. The topological polar surface area (TPSA) is 48.3 Å². The van der Waals surface area contributed by atoms with Crippen LogP contribution < -0.4 is 5.32 Å². The van der Waals surface area contributed by atoms with Gasteiger partial charge in [-0.2, -0.15) is 5.10 Å². The van der Waals surface area contributed by atoms with E-state index in [0.717, 1.165) is 58.0 Å². The van der Waals surface area contributed by atoms with Gasteiger partial charge in [-0.1, -0.05) is 0 Å². The Bertz CT molecular complexity index is 411. The minimum absolute atomic E-state index is 0.202. The molecule has 0 amide bonds. The Balaban J connectivity index is 2.00. The van der Waals surface area contributed by atoms with Crippen molar-refractivity contribution in [2.75, 3.05) is 40.0 Å². The number of methoxy groups -OCH3 is 1. The van der Waals surface area contributed by atoms with Crippen LogP contribution in [0.15, 0.2) is 6.07 Å². The molecular formula is C15H27N3O2. The molecule has 1 aliphatic heterocycles. The van der Waals surface area contributed by atoms with Gasteiger partial charge >= 0.3 is 0 Å². The Morgan fingerprint density at radius 2 is 2.40 bits per heavy atom. The van der Waals surface area contributed by atoms with Crippen LogP contribution in [-0.4, -0.2) is 49.8 Å². The molecule has 1 aromatic rings. The second kappa shape index (κ2) is 7.20. The van der Waals surface area contributed by atoms with Gasteiger partial charge in [-0.3, -0.25) is 4.68 Å². The highest BCUT2D eigenvalue weighted by Gasteiger charge is 2.35. The lowest BCUT2D eigenvalue weighted by Crippen LogP contribution is -2.38. The molecule has 114 valence electrons. The molecule has 0 spiro atoms. The summed E-state index contributed by atoms with van der Waals surface area (Å²) < 4.78 is 12.9. The molecule has 1 fully saturated rings. The Kier molecular flexibility index (Phi) is 5.57. The minimum atomic E-state index is 0.202. The molecule has 0 aromatic carbocycles. The third kappa shape index (κ3) is 3.81. The first-order valence-electron chi connectivity index (χ1n) is 7.50. The van der Waals surface area contributed by atoms with E-state index in [2.05, 4.69) is 35.0 Å². The molecule has 1 N–H and O–H groups in total. The van der Waals surface area contributed by atoms with Crippen molar-refractivity contribution in [3.63, 3.8) is 0 Å². The molecule has 1 saturated heterocycles. The van der Waals surface area contributed by atoms with Crippen LogP contribution >= 0.6 is 0 Å². The first-order valence-corrected chi connectivity index (χ1v) is 7.50. The summed E-state index contributed by atoms with van der Waals surface area (Å²) in [5, 5.41) is 8.05. The second-order valence-corrected chi connectivity index (χ2v) is 5.74. The number of nitrogens with zero attached hydrogens (tertiary/aromatic N) is 2. The molecule has 5 nitrogen and oxygen atoms in total. The summed E-state index contributed by atoms with van der Waals surface area (Å²) >= 11 is 0. The van der Waals surface area contributed by atoms with Gasteiger partial charge in [0.1, 0.15) is 0 Å². The molecule has 0 bridgehead atoms. The predicted molar refractivity (Wildman–Crippen MR) is 79.0 cm³/mol. The number of aryl methyl sites for hydroxylation is 2. The number of ether oxygens (including phenoxy) is 2. The normalized spacial score (nSPS) is 22.6. The number of nitrogens with one attached hydrogen (secondary N) is 1. The van der Waals surface area contributed by atoms with E-state index in [1.54, 1.807) is 7.11 Å². The van der Waals surface area contributed by atoms with E-state index < -0.39 is 0 Å². The highest BCUT2D eigenvalue weighted by atomic mass is 16.5. The van der Waals surface area contributed by atoms with Crippen LogP contribution in [0.2, 0.25) is 0 Å². The lowest BCUT2D eigenvalue weighted by Gasteiger charge is -2.28. The largest absolute Gasteiger partial charge is 0.383 e. The van der Waals surface area contributed by atoms with Gasteiger partial charge in [0.2, 0.25) is 0 Å². The molecule has 0 radical (unpaired) electrons. The van der Waals surface area contributed by atoms with Crippen LogP contribution in [0.25, 0.3) is 0 Å². The number of hydrogen-bond donors (Lipinski definition) is 1. The number of rotatable bonds is 8. The highest BCUT2D eigenvalue weighted by Crippen LogP contribution is 2.32. The zero-order valence-electron chi connectivity index (χ0n) is 12.9. The van der Waals surface area contributed by atoms with E-state index in [4.69, 9.17) is 9.47 Å². The lowest BCUT2D eigenvalue weighted by molar-refractivity contribution is 0.143. The van der Waals surface area contributed by atoms with E-state index in [9.17, 15) is 0 Å². The summed E-state index contributed by atoms with van der Waals surface area (Å²) in [4.78, 5) is 0. The molecule has 1 unspecified atom stereocenters. The molecule has 20 heavy (non-hydrogen) atoms. The van der Waals surface area contributed by atoms with Crippen molar-refractivity contribution >= 4 is 0 Å². The van der Waals surface area contributed by atoms with Gasteiger partial charge in [-0.15, -0.1) is 0 Å². The van der Waals surface area contributed by atoms with E-state index in [-0.39, 0.29) is 5.41 Å². The van der Waals surface area contributed by atoms with Crippen LogP contribution in [-0.2, 0) is 22.4 Å². The maximum absolute atomic E-state index is 5.67. The second-order valence-electron chi connectivity index (χ2n) is 5.74. The molecule has 0 saturated carbocycles. The van der Waals surface area contributed by atoms with Gasteiger partial charge in [-0.25, -0.2) is 0 Å². The average Bonchev–Trinajstić information content (AvgIpc) is 3.02. The van der Waals surface area contributed by atoms with Crippen molar-refractivity contribution in [3.8, 4) is 0 Å². The van der Waals surface area contributed by atoms with E-state index in [1.165, 1.54) is 5.69 Å². The van der Waals surface area contributed by atoms with Gasteiger partial charge in [0.05, 0.1) is 18.9 Å². The fourth-order valence-corrected chi connectivity index (χ4v) is 2.92. The Labute approximate surface area is 121 Å². The van der Waals surface area contributed by atoms with Crippen LogP contribution in [0, 0.1) is 12.3 Å². The predicted octanol–water partition coefficient (Wildman–Crippen LogP) is 1.40. The molecule has 2 heterocycles. The van der Waals surface area contributed by atoms with Crippen molar-refractivity contribution in [1.82, 2.24) is 15.1 Å². The van der Waals surface area contributed by atoms with Gasteiger partial charge in [0, 0.05) is 44.5 Å². The molecular weight excluding hydrogens is 254 g/mol. The quantitative estimate of drug-likeness (QED) is 0.732. The summed E-state index contributed by atoms with van der Waals surface area (Å²) in [7, 11) is 1.73. The smallest absolute Gasteiger partial charge is 0.0596 e. The zero-order valence-corrected chi connectivity index (χ0v) is 12.9. The Hall–Kier alpha value is -0.910. The number of aromatic nitrogens is 2. The fraction of sp³-hybridized carbons (Fsp3) is 0.800. The fourth-order valence-electron chi connectivity index (χ4n) is 2.92. The summed E-state index contributed by atoms with van der Waals surface area (Å²) in [5.41, 5.74) is 2.62. The average molecular weight is 281 g/mol. The Morgan fingerprint density at radius 1 is 1.55 bits per heavy atom. The highest BCUT2D eigenvalue weighted by molar-refractivity contribution is 5.12. The molecule has 0 aliphatic carbocycles. The standard InChI is InChI=1S/C15H27N3O2/c1-4-18-14(9-13(2)17-18)10-15(5-7-20-12-15)11-16-6-8-19-3/h9,16H,4-8,10-12H2,1-3H3. The van der Waals surface area contributed by atoms with Crippen molar-refractivity contribution in [2.24, 2.45) is 5.41 Å². The first-order chi connectivity index (χ1) is 9.69. The maximum atomic E-state index is 5.67. The molecule has 5 heteroatoms. The number of hydrogen-bond acceptors (Lipinski definition) is 4. The van der Waals surface area contributed by atoms with Crippen LogP contribution in [0.5, 0.6) is 0 Å². The monoisotopic (exact) mass is 281 g/mol. The summed E-state index contributed by atoms with van der Waals surface area (Å²) in [5.74, 6) is 0. The van der Waals surface area contributed by atoms with Crippen molar-refractivity contribution < 1.29 is 9.47 Å². The summed E-state index contributed by atoms with van der Waals surface area (Å²) in [6.07, 6.45) is 2.14. The van der Waals surface area contributed by atoms with Crippen LogP contribution in [0.1, 0.15) is 24.7 Å². The van der Waals surface area contributed by atoms with Gasteiger partial charge < -0.3 is 14.8 Å². The van der Waals surface area contributed by atoms with Gasteiger partial charge in [0.25, 0.3) is 0 Å². The van der Waals surface area contributed by atoms with Gasteiger partial charge in [-0.05, 0) is 32.8 Å². The van der Waals surface area contributed by atoms with E-state index >= 15 is 0 Å². The molecule has 1 aliphatic rings. The molecule has 1 aromatic heterocycles. The SMILES string of the molecule is CCn1nc(C)cc1CC1(CNCCOC)CCOC1. The third-order valence-corrected chi connectivity index (χ3v) is 4.01. The maximum Gasteiger partial charge on any atom is 0.0596 e. The first kappa shape index (κ1) is 15.5. The minimum Gasteiger partial charge on any atom is -0.383 e. The Morgan fingerprint density at radius 3 is 3.05 bits per heavy atom. The van der Waals surface area contributed by atoms with E-state index in [0.29, 0.717) is 0 Å². The van der Waals surface area contributed by atoms with Crippen molar-refractivity contribution in [1.29, 1.82) is 0 Å². The summed E-state index contributed by atoms with van der Waals surface area (Å²) in [6, 6.07) is 2.21. The van der Waals surface area contributed by atoms with Crippen LogP contribution in [0.4, 0.5) is 0 Å². The third-order valence-electron chi connectivity index (χ3n) is 4.01. The van der Waals surface area contributed by atoms with E-state index in [1.807, 2.05) is 0 Å². The summed E-state index contributed by atoms with van der Waals surface area (Å²) in [6.45, 7) is 9.45.